The minimum absolute atomic E-state index is 0.0345. The van der Waals surface area contributed by atoms with E-state index in [0.717, 1.165) is 31.5 Å². The predicted molar refractivity (Wildman–Crippen MR) is 87.3 cm³/mol. The first kappa shape index (κ1) is 16.0. The normalized spacial score (nSPS) is 21.0. The van der Waals surface area contributed by atoms with Gasteiger partial charge in [0, 0.05) is 12.6 Å². The summed E-state index contributed by atoms with van der Waals surface area (Å²) in [6, 6.07) is 10.7. The van der Waals surface area contributed by atoms with E-state index in [1.165, 1.54) is 12.8 Å². The van der Waals surface area contributed by atoms with E-state index in [2.05, 4.69) is 36.6 Å². The standard InChI is InChI=1S/C18H28N2O/c1-3-14(2)17(15-8-5-4-6-9-15)18(21)20-13-11-16-10-7-12-19-16/h4-6,8-9,14,16-17,19H,3,7,10-13H2,1-2H3,(H,20,21). The van der Waals surface area contributed by atoms with Crippen LogP contribution in [0.4, 0.5) is 0 Å². The molecule has 3 atom stereocenters. The molecule has 0 saturated carbocycles. The Bertz CT molecular complexity index is 426. The monoisotopic (exact) mass is 288 g/mol. The van der Waals surface area contributed by atoms with Gasteiger partial charge in [0.15, 0.2) is 0 Å². The van der Waals surface area contributed by atoms with E-state index in [0.29, 0.717) is 12.0 Å². The minimum atomic E-state index is -0.0345. The Labute approximate surface area is 128 Å². The van der Waals surface area contributed by atoms with Crippen molar-refractivity contribution in [2.24, 2.45) is 5.92 Å². The molecular formula is C18H28N2O. The van der Waals surface area contributed by atoms with Gasteiger partial charge < -0.3 is 10.6 Å². The Hall–Kier alpha value is -1.35. The molecule has 1 aromatic rings. The molecule has 2 rings (SSSR count). The summed E-state index contributed by atoms with van der Waals surface area (Å²) in [4.78, 5) is 12.6. The fourth-order valence-electron chi connectivity index (χ4n) is 3.12. The maximum Gasteiger partial charge on any atom is 0.227 e. The van der Waals surface area contributed by atoms with Crippen LogP contribution in [-0.2, 0) is 4.79 Å². The van der Waals surface area contributed by atoms with E-state index in [1.807, 2.05) is 18.2 Å². The highest BCUT2D eigenvalue weighted by atomic mass is 16.1. The van der Waals surface area contributed by atoms with Crippen molar-refractivity contribution >= 4 is 5.91 Å². The molecule has 1 aliphatic heterocycles. The Kier molecular flexibility index (Phi) is 6.24. The highest BCUT2D eigenvalue weighted by Gasteiger charge is 2.25. The Morgan fingerprint density at radius 2 is 2.14 bits per heavy atom. The molecule has 0 spiro atoms. The number of hydrogen-bond donors (Lipinski definition) is 2. The zero-order valence-corrected chi connectivity index (χ0v) is 13.3. The van der Waals surface area contributed by atoms with Crippen LogP contribution in [0.25, 0.3) is 0 Å². The first-order valence-corrected chi connectivity index (χ1v) is 8.28. The van der Waals surface area contributed by atoms with Gasteiger partial charge in [-0.2, -0.15) is 0 Å². The van der Waals surface area contributed by atoms with Gasteiger partial charge in [0.05, 0.1) is 5.92 Å². The van der Waals surface area contributed by atoms with Crippen molar-refractivity contribution in [3.8, 4) is 0 Å². The second-order valence-corrected chi connectivity index (χ2v) is 6.15. The molecule has 0 aliphatic carbocycles. The third-order valence-corrected chi connectivity index (χ3v) is 4.61. The van der Waals surface area contributed by atoms with Crippen molar-refractivity contribution in [1.82, 2.24) is 10.6 Å². The molecule has 0 bridgehead atoms. The van der Waals surface area contributed by atoms with Crippen LogP contribution in [0.5, 0.6) is 0 Å². The summed E-state index contributed by atoms with van der Waals surface area (Å²) in [5.74, 6) is 0.498. The average Bonchev–Trinajstić information content (AvgIpc) is 3.01. The van der Waals surface area contributed by atoms with Crippen LogP contribution in [0, 0.1) is 5.92 Å². The number of benzene rings is 1. The lowest BCUT2D eigenvalue weighted by atomic mass is 9.85. The van der Waals surface area contributed by atoms with E-state index < -0.39 is 0 Å². The number of amides is 1. The summed E-state index contributed by atoms with van der Waals surface area (Å²) >= 11 is 0. The molecule has 1 amide bonds. The zero-order chi connectivity index (χ0) is 15.1. The number of hydrogen-bond acceptors (Lipinski definition) is 2. The largest absolute Gasteiger partial charge is 0.356 e. The third kappa shape index (κ3) is 4.57. The molecule has 21 heavy (non-hydrogen) atoms. The average molecular weight is 288 g/mol. The summed E-state index contributed by atoms with van der Waals surface area (Å²) in [6.45, 7) is 6.21. The molecule has 1 aromatic carbocycles. The summed E-state index contributed by atoms with van der Waals surface area (Å²) in [7, 11) is 0. The smallest absolute Gasteiger partial charge is 0.227 e. The fraction of sp³-hybridized carbons (Fsp3) is 0.611. The maximum atomic E-state index is 12.6. The van der Waals surface area contributed by atoms with Crippen molar-refractivity contribution in [3.05, 3.63) is 35.9 Å². The molecule has 3 unspecified atom stereocenters. The van der Waals surface area contributed by atoms with Crippen molar-refractivity contribution < 1.29 is 4.79 Å². The third-order valence-electron chi connectivity index (χ3n) is 4.61. The van der Waals surface area contributed by atoms with E-state index in [9.17, 15) is 4.79 Å². The summed E-state index contributed by atoms with van der Waals surface area (Å²) in [5.41, 5.74) is 1.13. The molecule has 3 nitrogen and oxygen atoms in total. The van der Waals surface area contributed by atoms with Crippen LogP contribution >= 0.6 is 0 Å². The van der Waals surface area contributed by atoms with Crippen LogP contribution in [0.15, 0.2) is 30.3 Å². The second-order valence-electron chi connectivity index (χ2n) is 6.15. The molecule has 1 saturated heterocycles. The predicted octanol–water partition coefficient (Wildman–Crippen LogP) is 3.07. The molecule has 1 fully saturated rings. The van der Waals surface area contributed by atoms with Gasteiger partial charge in [-0.25, -0.2) is 0 Å². The van der Waals surface area contributed by atoms with Gasteiger partial charge in [0.25, 0.3) is 0 Å². The second kappa shape index (κ2) is 8.18. The summed E-state index contributed by atoms with van der Waals surface area (Å²) in [5, 5.41) is 6.62. The van der Waals surface area contributed by atoms with Gasteiger partial charge in [0.1, 0.15) is 0 Å². The van der Waals surface area contributed by atoms with Gasteiger partial charge in [0.2, 0.25) is 5.91 Å². The van der Waals surface area contributed by atoms with Crippen LogP contribution in [0.3, 0.4) is 0 Å². The Morgan fingerprint density at radius 1 is 1.38 bits per heavy atom. The topological polar surface area (TPSA) is 41.1 Å². The first-order valence-electron chi connectivity index (χ1n) is 8.28. The van der Waals surface area contributed by atoms with Crippen molar-refractivity contribution in [2.45, 2.75) is 51.5 Å². The summed E-state index contributed by atoms with van der Waals surface area (Å²) < 4.78 is 0. The molecule has 1 aliphatic rings. The molecule has 2 N–H and O–H groups in total. The van der Waals surface area contributed by atoms with E-state index >= 15 is 0 Å². The van der Waals surface area contributed by atoms with Crippen LogP contribution in [0.1, 0.15) is 51.0 Å². The summed E-state index contributed by atoms with van der Waals surface area (Å²) in [6.07, 6.45) is 4.55. The molecule has 116 valence electrons. The zero-order valence-electron chi connectivity index (χ0n) is 13.3. The Balaban J connectivity index is 1.91. The first-order chi connectivity index (χ1) is 10.2. The molecule has 3 heteroatoms. The lowest BCUT2D eigenvalue weighted by Crippen LogP contribution is -2.35. The van der Waals surface area contributed by atoms with Crippen LogP contribution in [-0.4, -0.2) is 25.0 Å². The van der Waals surface area contributed by atoms with Crippen molar-refractivity contribution in [3.63, 3.8) is 0 Å². The van der Waals surface area contributed by atoms with Crippen molar-refractivity contribution in [2.75, 3.05) is 13.1 Å². The number of carbonyl (C=O) groups is 1. The van der Waals surface area contributed by atoms with Gasteiger partial charge in [-0.15, -0.1) is 0 Å². The highest BCUT2D eigenvalue weighted by Crippen LogP contribution is 2.27. The molecule has 0 aromatic heterocycles. The molecular weight excluding hydrogens is 260 g/mol. The lowest BCUT2D eigenvalue weighted by molar-refractivity contribution is -0.123. The number of rotatable bonds is 7. The lowest BCUT2D eigenvalue weighted by Gasteiger charge is -2.23. The Morgan fingerprint density at radius 3 is 2.76 bits per heavy atom. The van der Waals surface area contributed by atoms with Gasteiger partial charge in [-0.3, -0.25) is 4.79 Å². The molecule has 1 heterocycles. The molecule has 0 radical (unpaired) electrons. The maximum absolute atomic E-state index is 12.6. The van der Waals surface area contributed by atoms with E-state index in [1.54, 1.807) is 0 Å². The van der Waals surface area contributed by atoms with Crippen molar-refractivity contribution in [1.29, 1.82) is 0 Å². The number of nitrogens with one attached hydrogen (secondary N) is 2. The number of carbonyl (C=O) groups excluding carboxylic acids is 1. The van der Waals surface area contributed by atoms with Gasteiger partial charge in [-0.05, 0) is 37.3 Å². The van der Waals surface area contributed by atoms with Crippen LogP contribution < -0.4 is 10.6 Å². The minimum Gasteiger partial charge on any atom is -0.356 e. The SMILES string of the molecule is CCC(C)C(C(=O)NCCC1CCCN1)c1ccccc1. The highest BCUT2D eigenvalue weighted by molar-refractivity contribution is 5.83. The quantitative estimate of drug-likeness (QED) is 0.809. The van der Waals surface area contributed by atoms with Gasteiger partial charge >= 0.3 is 0 Å². The van der Waals surface area contributed by atoms with Gasteiger partial charge in [-0.1, -0.05) is 50.6 Å². The van der Waals surface area contributed by atoms with E-state index in [4.69, 9.17) is 0 Å². The van der Waals surface area contributed by atoms with E-state index in [-0.39, 0.29) is 11.8 Å². The fourth-order valence-corrected chi connectivity index (χ4v) is 3.12. The van der Waals surface area contributed by atoms with Crippen LogP contribution in [0.2, 0.25) is 0 Å².